The Morgan fingerprint density at radius 1 is 0.605 bits per heavy atom. The van der Waals surface area contributed by atoms with E-state index in [0.29, 0.717) is 12.8 Å². The number of ether oxygens (including phenoxy) is 2. The Hall–Kier alpha value is -1.47. The van der Waals surface area contributed by atoms with Crippen molar-refractivity contribution < 1.29 is 37.9 Å². The van der Waals surface area contributed by atoms with Crippen molar-refractivity contribution in [3.63, 3.8) is 0 Å². The van der Waals surface area contributed by atoms with E-state index < -0.39 is 32.5 Å². The van der Waals surface area contributed by atoms with Gasteiger partial charge in [0.15, 0.2) is 6.10 Å². The number of phosphoric acid groups is 1. The summed E-state index contributed by atoms with van der Waals surface area (Å²) in [5.41, 5.74) is 0. The second-order valence-corrected chi connectivity index (χ2v) is 12.8. The van der Waals surface area contributed by atoms with Gasteiger partial charge in [-0.15, -0.1) is 0 Å². The molecule has 0 saturated carbocycles. The van der Waals surface area contributed by atoms with Crippen LogP contribution in [-0.2, 0) is 28.2 Å². The van der Waals surface area contributed by atoms with Gasteiger partial charge in [-0.3, -0.25) is 14.1 Å². The van der Waals surface area contributed by atoms with Crippen molar-refractivity contribution in [1.29, 1.82) is 0 Å². The third-order valence-electron chi connectivity index (χ3n) is 7.25. The Balaban J connectivity index is 4.02. The fraction of sp³-hybridized carbons (Fsp3) is 0.824. The monoisotopic (exact) mass is 630 g/mol. The van der Waals surface area contributed by atoms with E-state index in [9.17, 15) is 14.2 Å². The summed E-state index contributed by atoms with van der Waals surface area (Å²) in [7, 11) is -4.74. The van der Waals surface area contributed by atoms with E-state index in [1.807, 2.05) is 0 Å². The summed E-state index contributed by atoms with van der Waals surface area (Å²) in [6.45, 7) is 3.61. The van der Waals surface area contributed by atoms with Crippen LogP contribution in [0.1, 0.15) is 162 Å². The number of phosphoric ester groups is 1. The van der Waals surface area contributed by atoms with Crippen LogP contribution in [0.25, 0.3) is 0 Å². The first-order valence-electron chi connectivity index (χ1n) is 17.1. The van der Waals surface area contributed by atoms with E-state index in [2.05, 4.69) is 42.7 Å². The van der Waals surface area contributed by atoms with Gasteiger partial charge >= 0.3 is 19.8 Å². The summed E-state index contributed by atoms with van der Waals surface area (Å²) >= 11 is 0. The molecule has 0 spiro atoms. The molecule has 0 aliphatic heterocycles. The largest absolute Gasteiger partial charge is 0.469 e. The fourth-order valence-corrected chi connectivity index (χ4v) is 5.02. The summed E-state index contributed by atoms with van der Waals surface area (Å²) < 4.78 is 26.2. The summed E-state index contributed by atoms with van der Waals surface area (Å²) in [4.78, 5) is 42.5. The van der Waals surface area contributed by atoms with Crippen LogP contribution in [0.2, 0.25) is 0 Å². The lowest BCUT2D eigenvalue weighted by Crippen LogP contribution is -2.29. The van der Waals surface area contributed by atoms with Crippen LogP contribution in [0.15, 0.2) is 24.3 Å². The Morgan fingerprint density at radius 2 is 1.02 bits per heavy atom. The topological polar surface area (TPSA) is 119 Å². The van der Waals surface area contributed by atoms with Crippen LogP contribution in [0.5, 0.6) is 0 Å². The minimum absolute atomic E-state index is 0.211. The maximum absolute atomic E-state index is 12.3. The first kappa shape index (κ1) is 41.5. The Bertz CT molecular complexity index is 761. The average molecular weight is 631 g/mol. The van der Waals surface area contributed by atoms with Crippen LogP contribution in [0, 0.1) is 0 Å². The van der Waals surface area contributed by atoms with Crippen molar-refractivity contribution in [3.05, 3.63) is 24.3 Å². The molecule has 0 aromatic rings. The molecule has 1 atom stereocenters. The van der Waals surface area contributed by atoms with E-state index in [-0.39, 0.29) is 19.4 Å². The molecule has 0 unspecified atom stereocenters. The number of allylic oxidation sites excluding steroid dienone is 4. The lowest BCUT2D eigenvalue weighted by Gasteiger charge is -2.18. The van der Waals surface area contributed by atoms with Gasteiger partial charge in [0.25, 0.3) is 0 Å². The van der Waals surface area contributed by atoms with Gasteiger partial charge in [0.2, 0.25) is 0 Å². The summed E-state index contributed by atoms with van der Waals surface area (Å²) in [5.74, 6) is -0.903. The van der Waals surface area contributed by atoms with Gasteiger partial charge in [0.1, 0.15) is 6.61 Å². The fourth-order valence-electron chi connectivity index (χ4n) is 4.66. The van der Waals surface area contributed by atoms with Crippen molar-refractivity contribution >= 4 is 19.8 Å². The highest BCUT2D eigenvalue weighted by Gasteiger charge is 2.22. The van der Waals surface area contributed by atoms with Gasteiger partial charge in [0, 0.05) is 12.8 Å². The van der Waals surface area contributed by atoms with E-state index in [1.54, 1.807) is 0 Å². The molecule has 9 heteroatoms. The summed E-state index contributed by atoms with van der Waals surface area (Å²) in [5, 5.41) is 0. The van der Waals surface area contributed by atoms with Crippen molar-refractivity contribution in [2.75, 3.05) is 13.2 Å². The van der Waals surface area contributed by atoms with Crippen molar-refractivity contribution in [2.45, 2.75) is 168 Å². The van der Waals surface area contributed by atoms with Gasteiger partial charge in [-0.2, -0.15) is 0 Å². The molecule has 0 heterocycles. The zero-order valence-electron chi connectivity index (χ0n) is 27.4. The second-order valence-electron chi connectivity index (χ2n) is 11.5. The molecule has 43 heavy (non-hydrogen) atoms. The maximum Gasteiger partial charge on any atom is 0.469 e. The molecule has 0 saturated heterocycles. The van der Waals surface area contributed by atoms with Crippen LogP contribution >= 0.6 is 7.82 Å². The molecule has 0 radical (unpaired) electrons. The number of rotatable bonds is 31. The van der Waals surface area contributed by atoms with E-state index in [0.717, 1.165) is 57.8 Å². The first-order chi connectivity index (χ1) is 20.8. The van der Waals surface area contributed by atoms with Gasteiger partial charge in [0.05, 0.1) is 6.61 Å². The molecule has 0 aliphatic carbocycles. The number of esters is 2. The lowest BCUT2D eigenvalue weighted by atomic mass is 10.1. The van der Waals surface area contributed by atoms with Gasteiger partial charge in [-0.1, -0.05) is 134 Å². The Kier molecular flexibility index (Phi) is 29.5. The minimum Gasteiger partial charge on any atom is -0.462 e. The van der Waals surface area contributed by atoms with Gasteiger partial charge in [-0.25, -0.2) is 4.57 Å². The van der Waals surface area contributed by atoms with Gasteiger partial charge < -0.3 is 19.3 Å². The standard InChI is InChI=1S/C34H63O8P/c1-3-5-7-9-11-13-15-16-17-18-19-21-22-24-26-28-33(35)40-30-32(31-41-43(37,38)39)42-34(36)29-27-25-23-20-14-12-10-8-6-4-2/h13,15-17,32H,3-12,14,18-31H2,1-2H3,(H2,37,38,39)/b15-13+,17-16+/t32-/m1/s1. The molecule has 0 fully saturated rings. The first-order valence-corrected chi connectivity index (χ1v) is 18.7. The molecule has 0 bridgehead atoms. The predicted octanol–water partition coefficient (Wildman–Crippen LogP) is 9.68. The third-order valence-corrected chi connectivity index (χ3v) is 7.74. The maximum atomic E-state index is 12.3. The lowest BCUT2D eigenvalue weighted by molar-refractivity contribution is -0.161. The van der Waals surface area contributed by atoms with E-state index in [4.69, 9.17) is 19.3 Å². The molecule has 0 aliphatic rings. The van der Waals surface area contributed by atoms with Gasteiger partial charge in [-0.05, 0) is 38.5 Å². The molecular weight excluding hydrogens is 567 g/mol. The zero-order chi connectivity index (χ0) is 31.9. The third kappa shape index (κ3) is 33.3. The summed E-state index contributed by atoms with van der Waals surface area (Å²) in [6, 6.07) is 0. The molecule has 0 amide bonds. The number of carbonyl (C=O) groups is 2. The molecule has 0 aromatic carbocycles. The summed E-state index contributed by atoms with van der Waals surface area (Å²) in [6.07, 6.45) is 31.9. The molecule has 0 rings (SSSR count). The van der Waals surface area contributed by atoms with E-state index >= 15 is 0 Å². The predicted molar refractivity (Wildman–Crippen MR) is 175 cm³/mol. The highest BCUT2D eigenvalue weighted by molar-refractivity contribution is 7.46. The normalized spacial score (nSPS) is 12.7. The Labute approximate surface area is 262 Å². The smallest absolute Gasteiger partial charge is 0.462 e. The van der Waals surface area contributed by atoms with Crippen molar-refractivity contribution in [2.24, 2.45) is 0 Å². The molecular formula is C34H63O8P. The quantitative estimate of drug-likeness (QED) is 0.0336. The Morgan fingerprint density at radius 3 is 1.51 bits per heavy atom. The average Bonchev–Trinajstić information content (AvgIpc) is 2.97. The SMILES string of the molecule is CCCCCC/C=C/C=C/CCCCCCCC(=O)OC[C@H](COP(=O)(O)O)OC(=O)CCCCCCCCCCCC. The molecule has 8 nitrogen and oxygen atoms in total. The van der Waals surface area contributed by atoms with Crippen molar-refractivity contribution in [1.82, 2.24) is 0 Å². The number of unbranched alkanes of at least 4 members (excludes halogenated alkanes) is 18. The highest BCUT2D eigenvalue weighted by atomic mass is 31.2. The van der Waals surface area contributed by atoms with Crippen LogP contribution < -0.4 is 0 Å². The number of hydrogen-bond donors (Lipinski definition) is 2. The van der Waals surface area contributed by atoms with Crippen molar-refractivity contribution in [3.8, 4) is 0 Å². The minimum atomic E-state index is -4.74. The van der Waals surface area contributed by atoms with Crippen LogP contribution in [0.3, 0.4) is 0 Å². The van der Waals surface area contributed by atoms with Crippen LogP contribution in [-0.4, -0.2) is 41.0 Å². The molecule has 2 N–H and O–H groups in total. The molecule has 0 aromatic heterocycles. The number of carbonyl (C=O) groups excluding carboxylic acids is 2. The number of hydrogen-bond acceptors (Lipinski definition) is 6. The zero-order valence-corrected chi connectivity index (χ0v) is 28.2. The van der Waals surface area contributed by atoms with E-state index in [1.165, 1.54) is 64.2 Å². The molecule has 252 valence electrons. The highest BCUT2D eigenvalue weighted by Crippen LogP contribution is 2.35. The second kappa shape index (κ2) is 30.6. The van der Waals surface area contributed by atoms with Crippen LogP contribution in [0.4, 0.5) is 0 Å².